The van der Waals surface area contributed by atoms with Gasteiger partial charge >= 0.3 is 0 Å². The predicted molar refractivity (Wildman–Crippen MR) is 136 cm³/mol. The second-order valence-corrected chi connectivity index (χ2v) is 7.99. The molecular formula is C27H30N4O3. The van der Waals surface area contributed by atoms with Crippen molar-refractivity contribution in [2.45, 2.75) is 26.7 Å². The maximum absolute atomic E-state index is 12.4. The number of rotatable bonds is 10. The summed E-state index contributed by atoms with van der Waals surface area (Å²) >= 11 is 0. The fourth-order valence-electron chi connectivity index (χ4n) is 3.27. The quantitative estimate of drug-likeness (QED) is 0.327. The van der Waals surface area contributed by atoms with E-state index in [1.807, 2.05) is 25.1 Å². The van der Waals surface area contributed by atoms with E-state index in [1.54, 1.807) is 54.6 Å². The van der Waals surface area contributed by atoms with Gasteiger partial charge in [0, 0.05) is 34.7 Å². The Hall–Kier alpha value is -4.13. The van der Waals surface area contributed by atoms with E-state index < -0.39 is 0 Å². The second-order valence-electron chi connectivity index (χ2n) is 7.99. The highest BCUT2D eigenvalue weighted by molar-refractivity contribution is 6.04. The number of benzene rings is 3. The maximum atomic E-state index is 12.4. The Labute approximate surface area is 200 Å². The topological polar surface area (TPSA) is 99.3 Å². The van der Waals surface area contributed by atoms with Gasteiger partial charge in [-0.1, -0.05) is 37.1 Å². The normalized spacial score (nSPS) is 10.3. The largest absolute Gasteiger partial charge is 0.376 e. The molecule has 0 saturated carbocycles. The van der Waals surface area contributed by atoms with E-state index in [0.29, 0.717) is 29.0 Å². The third kappa shape index (κ3) is 7.48. The van der Waals surface area contributed by atoms with Crippen LogP contribution in [0.5, 0.6) is 0 Å². The fourth-order valence-corrected chi connectivity index (χ4v) is 3.27. The maximum Gasteiger partial charge on any atom is 0.255 e. The minimum absolute atomic E-state index is 0.0575. The Bertz CT molecular complexity index is 1140. The highest BCUT2D eigenvalue weighted by Gasteiger charge is 2.09. The number of hydrogen-bond acceptors (Lipinski definition) is 4. The van der Waals surface area contributed by atoms with Crippen molar-refractivity contribution >= 4 is 34.8 Å². The molecule has 7 nitrogen and oxygen atoms in total. The van der Waals surface area contributed by atoms with Gasteiger partial charge in [0.2, 0.25) is 5.91 Å². The lowest BCUT2D eigenvalue weighted by Gasteiger charge is -2.10. The zero-order valence-corrected chi connectivity index (χ0v) is 19.5. The molecule has 3 aromatic rings. The van der Waals surface area contributed by atoms with E-state index in [4.69, 9.17) is 0 Å². The van der Waals surface area contributed by atoms with Crippen LogP contribution in [0.2, 0.25) is 0 Å². The number of amides is 3. The molecule has 0 aromatic heterocycles. The molecule has 0 aliphatic carbocycles. The van der Waals surface area contributed by atoms with Crippen molar-refractivity contribution in [1.29, 1.82) is 0 Å². The van der Waals surface area contributed by atoms with E-state index >= 15 is 0 Å². The molecule has 7 heteroatoms. The molecule has 4 N–H and O–H groups in total. The highest BCUT2D eigenvalue weighted by Crippen LogP contribution is 2.16. The van der Waals surface area contributed by atoms with Crippen LogP contribution in [0.3, 0.4) is 0 Å². The van der Waals surface area contributed by atoms with Crippen LogP contribution in [0.25, 0.3) is 0 Å². The molecule has 3 rings (SSSR count). The van der Waals surface area contributed by atoms with Gasteiger partial charge in [-0.3, -0.25) is 14.4 Å². The molecule has 0 fully saturated rings. The molecule has 34 heavy (non-hydrogen) atoms. The SMILES string of the molecule is CCCCNC(=O)c1cccc(NC(=O)CNc2ccc(NC(=O)c3cccc(C)c3)cc2)c1. The van der Waals surface area contributed by atoms with Crippen LogP contribution in [0, 0.1) is 6.92 Å². The van der Waals surface area contributed by atoms with Crippen molar-refractivity contribution in [3.05, 3.63) is 89.5 Å². The Morgan fingerprint density at radius 3 is 2.12 bits per heavy atom. The monoisotopic (exact) mass is 458 g/mol. The summed E-state index contributed by atoms with van der Waals surface area (Å²) in [5.74, 6) is -0.567. The number of nitrogens with one attached hydrogen (secondary N) is 4. The Morgan fingerprint density at radius 2 is 1.41 bits per heavy atom. The molecule has 3 aromatic carbocycles. The third-order valence-corrected chi connectivity index (χ3v) is 5.10. The lowest BCUT2D eigenvalue weighted by molar-refractivity contribution is -0.114. The van der Waals surface area contributed by atoms with Crippen LogP contribution in [0.15, 0.2) is 72.8 Å². The molecule has 0 aliphatic rings. The molecule has 0 radical (unpaired) electrons. The van der Waals surface area contributed by atoms with Crippen molar-refractivity contribution in [1.82, 2.24) is 5.32 Å². The molecule has 0 spiro atoms. The highest BCUT2D eigenvalue weighted by atomic mass is 16.2. The standard InChI is InChI=1S/C27H30N4O3/c1-3-4-15-28-26(33)21-9-6-10-24(17-21)30-25(32)18-29-22-11-13-23(14-12-22)31-27(34)20-8-5-7-19(2)16-20/h5-14,16-17,29H,3-4,15,18H2,1-2H3,(H,28,33)(H,30,32)(H,31,34). The second kappa shape index (κ2) is 12.2. The van der Waals surface area contributed by atoms with E-state index in [1.165, 1.54) is 0 Å². The molecule has 0 bridgehead atoms. The summed E-state index contributed by atoms with van der Waals surface area (Å²) in [6.07, 6.45) is 1.93. The van der Waals surface area contributed by atoms with Gasteiger partial charge in [0.05, 0.1) is 6.54 Å². The molecule has 0 heterocycles. The van der Waals surface area contributed by atoms with E-state index in [9.17, 15) is 14.4 Å². The minimum atomic E-state index is -0.236. The zero-order valence-electron chi connectivity index (χ0n) is 19.5. The first-order valence-electron chi connectivity index (χ1n) is 11.3. The molecular weight excluding hydrogens is 428 g/mol. The number of aryl methyl sites for hydroxylation is 1. The van der Waals surface area contributed by atoms with E-state index in [0.717, 1.165) is 24.1 Å². The molecule has 0 aliphatic heterocycles. The van der Waals surface area contributed by atoms with Gasteiger partial charge in [-0.05, 0) is 67.9 Å². The summed E-state index contributed by atoms with van der Waals surface area (Å²) in [5.41, 5.74) is 4.09. The molecule has 3 amide bonds. The first kappa shape index (κ1) is 24.5. The van der Waals surface area contributed by atoms with Crippen molar-refractivity contribution in [2.75, 3.05) is 29.0 Å². The van der Waals surface area contributed by atoms with Gasteiger partial charge < -0.3 is 21.3 Å². The van der Waals surface area contributed by atoms with Crippen LogP contribution in [-0.2, 0) is 4.79 Å². The van der Waals surface area contributed by atoms with E-state index in [2.05, 4.69) is 28.2 Å². The average Bonchev–Trinajstić information content (AvgIpc) is 2.84. The van der Waals surface area contributed by atoms with Crippen LogP contribution in [-0.4, -0.2) is 30.8 Å². The lowest BCUT2D eigenvalue weighted by atomic mass is 10.1. The Morgan fingerprint density at radius 1 is 0.735 bits per heavy atom. The summed E-state index contributed by atoms with van der Waals surface area (Å²) < 4.78 is 0. The first-order chi connectivity index (χ1) is 16.4. The molecule has 0 saturated heterocycles. The summed E-state index contributed by atoms with van der Waals surface area (Å²) in [7, 11) is 0. The van der Waals surface area contributed by atoms with Gasteiger partial charge in [-0.15, -0.1) is 0 Å². The molecule has 0 unspecified atom stereocenters. The van der Waals surface area contributed by atoms with E-state index in [-0.39, 0.29) is 24.3 Å². The molecule has 0 atom stereocenters. The third-order valence-electron chi connectivity index (χ3n) is 5.10. The van der Waals surface area contributed by atoms with Gasteiger partial charge in [0.25, 0.3) is 11.8 Å². The Kier molecular flexibility index (Phi) is 8.80. The summed E-state index contributed by atoms with van der Waals surface area (Å²) in [5, 5.41) is 11.6. The van der Waals surface area contributed by atoms with Crippen LogP contribution in [0.1, 0.15) is 46.0 Å². The van der Waals surface area contributed by atoms with Gasteiger partial charge in [0.1, 0.15) is 0 Å². The van der Waals surface area contributed by atoms with Crippen molar-refractivity contribution in [3.8, 4) is 0 Å². The summed E-state index contributed by atoms with van der Waals surface area (Å²) in [6.45, 7) is 4.69. The minimum Gasteiger partial charge on any atom is -0.376 e. The number of hydrogen-bond donors (Lipinski definition) is 4. The number of anilines is 3. The smallest absolute Gasteiger partial charge is 0.255 e. The first-order valence-corrected chi connectivity index (χ1v) is 11.3. The van der Waals surface area contributed by atoms with Crippen LogP contribution >= 0.6 is 0 Å². The van der Waals surface area contributed by atoms with Crippen LogP contribution in [0.4, 0.5) is 17.1 Å². The van der Waals surface area contributed by atoms with Gasteiger partial charge in [-0.25, -0.2) is 0 Å². The predicted octanol–water partition coefficient (Wildman–Crippen LogP) is 4.83. The van der Waals surface area contributed by atoms with Gasteiger partial charge in [-0.2, -0.15) is 0 Å². The fraction of sp³-hybridized carbons (Fsp3) is 0.222. The number of carbonyl (C=O) groups is 3. The van der Waals surface area contributed by atoms with Crippen molar-refractivity contribution in [2.24, 2.45) is 0 Å². The van der Waals surface area contributed by atoms with Crippen LogP contribution < -0.4 is 21.3 Å². The average molecular weight is 459 g/mol. The van der Waals surface area contributed by atoms with Crippen molar-refractivity contribution in [3.63, 3.8) is 0 Å². The summed E-state index contributed by atoms with van der Waals surface area (Å²) in [6, 6.07) is 21.4. The van der Waals surface area contributed by atoms with Crippen molar-refractivity contribution < 1.29 is 14.4 Å². The van der Waals surface area contributed by atoms with Gasteiger partial charge in [0.15, 0.2) is 0 Å². The number of carbonyl (C=O) groups excluding carboxylic acids is 3. The summed E-state index contributed by atoms with van der Waals surface area (Å²) in [4.78, 5) is 36.9. The zero-order chi connectivity index (χ0) is 24.3. The Balaban J connectivity index is 1.48. The molecule has 176 valence electrons. The lowest BCUT2D eigenvalue weighted by Crippen LogP contribution is -2.25. The number of unbranched alkanes of at least 4 members (excludes halogenated alkanes) is 1.